The fourth-order valence-corrected chi connectivity index (χ4v) is 7.82. The van der Waals surface area contributed by atoms with E-state index in [2.05, 4.69) is 140 Å². The van der Waals surface area contributed by atoms with Gasteiger partial charge in [-0.15, -0.1) is 0 Å². The Morgan fingerprint density at radius 1 is 0.672 bits per heavy atom. The van der Waals surface area contributed by atoms with Gasteiger partial charge in [-0.25, -0.2) is 4.79 Å². The number of ether oxygens (including phenoxy) is 1. The van der Waals surface area contributed by atoms with E-state index in [9.17, 15) is 9.59 Å². The van der Waals surface area contributed by atoms with Gasteiger partial charge in [-0.3, -0.25) is 4.79 Å². The number of fused-ring (bicyclic) bond motifs is 2. The lowest BCUT2D eigenvalue weighted by atomic mass is 10.0. The van der Waals surface area contributed by atoms with Crippen molar-refractivity contribution >= 4 is 33.7 Å². The van der Waals surface area contributed by atoms with Gasteiger partial charge in [0.25, 0.3) is 5.91 Å². The van der Waals surface area contributed by atoms with Crippen LogP contribution in [-0.4, -0.2) is 109 Å². The zero-order valence-corrected chi connectivity index (χ0v) is 34.2. The standard InChI is InChI=1S/C23H27N3O.C18H17NO2.C6H14N2.2CH4/c1-24(2)20-12-13-26(16-20)23(27)18-10-8-17(9-11-18)14-19-15-25(3)22-7-5-4-6-21(19)22;1-19-12-15(16-5-3-4-6-17(16)19)11-13-7-9-14(10-8-13)18(20)21-2;1-8(2)6-3-4-7-5-6;;/h4-11,15,20H,12-14,16H2,1-3H3;3-10,12H,11H2,1-2H3;6-7H,3-5H2,1-2H3;2*1H4/t20-;;6-;;/m0.0../s1. The van der Waals surface area contributed by atoms with Crippen LogP contribution in [0.5, 0.6) is 0 Å². The van der Waals surface area contributed by atoms with Gasteiger partial charge < -0.3 is 33.9 Å². The average Bonchev–Trinajstić information content (AvgIpc) is 4.04. The van der Waals surface area contributed by atoms with E-state index in [-0.39, 0.29) is 26.7 Å². The number of hydrogen-bond acceptors (Lipinski definition) is 6. The molecule has 9 nitrogen and oxygen atoms in total. The Hall–Kier alpha value is -5.22. The van der Waals surface area contributed by atoms with Crippen molar-refractivity contribution in [1.82, 2.24) is 29.2 Å². The normalized spacial score (nSPS) is 16.0. The number of amides is 1. The topological polar surface area (TPSA) is 75.0 Å². The number of likely N-dealkylation sites (N-methyl/N-ethyl adjacent to an activating group) is 2. The summed E-state index contributed by atoms with van der Waals surface area (Å²) in [6, 6.07) is 33.9. The van der Waals surface area contributed by atoms with Gasteiger partial charge in [0, 0.05) is 85.6 Å². The minimum absolute atomic E-state index is 0. The fraction of sp³-hybridized carbons (Fsp3) is 0.388. The van der Waals surface area contributed by atoms with Crippen LogP contribution in [0.25, 0.3) is 21.8 Å². The molecular weight excluding hydrogens is 721 g/mol. The molecule has 4 aromatic carbocycles. The molecule has 2 aliphatic heterocycles. The smallest absolute Gasteiger partial charge is 0.337 e. The zero-order chi connectivity index (χ0) is 39.8. The summed E-state index contributed by atoms with van der Waals surface area (Å²) >= 11 is 0. The van der Waals surface area contributed by atoms with Crippen molar-refractivity contribution in [2.45, 2.75) is 52.6 Å². The van der Waals surface area contributed by atoms with E-state index in [0.29, 0.717) is 11.6 Å². The highest BCUT2D eigenvalue weighted by molar-refractivity contribution is 5.94. The van der Waals surface area contributed by atoms with Crippen LogP contribution in [0.3, 0.4) is 0 Å². The van der Waals surface area contributed by atoms with Crippen LogP contribution in [0.1, 0.15) is 70.7 Å². The molecule has 2 atom stereocenters. The number of aryl methyl sites for hydroxylation is 2. The third kappa shape index (κ3) is 11.0. The van der Waals surface area contributed by atoms with Crippen molar-refractivity contribution in [3.8, 4) is 0 Å². The summed E-state index contributed by atoms with van der Waals surface area (Å²) in [6.45, 7) is 4.04. The summed E-state index contributed by atoms with van der Waals surface area (Å²) in [7, 11) is 14.0. The van der Waals surface area contributed by atoms with Gasteiger partial charge in [0.1, 0.15) is 0 Å². The molecule has 0 radical (unpaired) electrons. The Labute approximate surface area is 347 Å². The summed E-state index contributed by atoms with van der Waals surface area (Å²) in [5.74, 6) is -0.150. The first kappa shape index (κ1) is 45.5. The number of benzene rings is 4. The van der Waals surface area contributed by atoms with Crippen molar-refractivity contribution in [3.05, 3.63) is 143 Å². The minimum Gasteiger partial charge on any atom is -0.465 e. The molecule has 1 amide bonds. The summed E-state index contributed by atoms with van der Waals surface area (Å²) in [4.78, 5) is 30.7. The molecule has 0 saturated carbocycles. The van der Waals surface area contributed by atoms with Crippen LogP contribution in [0.4, 0.5) is 0 Å². The molecular formula is C49H66N6O3. The number of esters is 1. The SMILES string of the molecule is C.C.CN(C)[C@H]1CCN(C(=O)c2ccc(Cc3cn(C)c4ccccc34)cc2)C1.CN(C)[C@H]1CCNC1.COC(=O)c1ccc(Cc2cn(C)c3ccccc23)cc1. The number of methoxy groups -OCH3 is 1. The van der Waals surface area contributed by atoms with Crippen LogP contribution in [0.15, 0.2) is 109 Å². The van der Waals surface area contributed by atoms with E-state index in [1.54, 1.807) is 0 Å². The first-order valence-electron chi connectivity index (χ1n) is 19.7. The Balaban J connectivity index is 0.000000213. The second kappa shape index (κ2) is 21.0. The molecule has 2 aromatic heterocycles. The number of carbonyl (C=O) groups excluding carboxylic acids is 2. The first-order valence-corrected chi connectivity index (χ1v) is 19.7. The lowest BCUT2D eigenvalue weighted by molar-refractivity contribution is 0.0600. The Morgan fingerprint density at radius 2 is 1.16 bits per heavy atom. The second-order valence-electron chi connectivity index (χ2n) is 15.6. The zero-order valence-electron chi connectivity index (χ0n) is 34.2. The van der Waals surface area contributed by atoms with Crippen molar-refractivity contribution < 1.29 is 14.3 Å². The fourth-order valence-electron chi connectivity index (χ4n) is 7.82. The molecule has 58 heavy (non-hydrogen) atoms. The summed E-state index contributed by atoms with van der Waals surface area (Å²) in [5, 5.41) is 5.89. The molecule has 2 aliphatic rings. The Kier molecular flexibility index (Phi) is 16.5. The number of aromatic nitrogens is 2. The Bertz CT molecular complexity index is 2210. The molecule has 2 fully saturated rings. The van der Waals surface area contributed by atoms with Gasteiger partial charge in [0.05, 0.1) is 12.7 Å². The van der Waals surface area contributed by atoms with E-state index in [1.165, 1.54) is 70.7 Å². The average molecular weight is 787 g/mol. The van der Waals surface area contributed by atoms with E-state index >= 15 is 0 Å². The van der Waals surface area contributed by atoms with Gasteiger partial charge in [0.2, 0.25) is 0 Å². The van der Waals surface area contributed by atoms with E-state index in [1.807, 2.05) is 41.3 Å². The lowest BCUT2D eigenvalue weighted by Crippen LogP contribution is -2.34. The van der Waals surface area contributed by atoms with Crippen molar-refractivity contribution in [1.29, 1.82) is 0 Å². The number of likely N-dealkylation sites (tertiary alicyclic amines) is 1. The van der Waals surface area contributed by atoms with Crippen LogP contribution < -0.4 is 5.32 Å². The molecule has 8 rings (SSSR count). The number of hydrogen-bond donors (Lipinski definition) is 1. The third-order valence-corrected chi connectivity index (χ3v) is 11.3. The van der Waals surface area contributed by atoms with Gasteiger partial charge in [-0.2, -0.15) is 0 Å². The molecule has 0 unspecified atom stereocenters. The highest BCUT2D eigenvalue weighted by Crippen LogP contribution is 2.25. The van der Waals surface area contributed by atoms with Gasteiger partial charge >= 0.3 is 5.97 Å². The predicted molar refractivity (Wildman–Crippen MR) is 242 cm³/mol. The highest BCUT2D eigenvalue weighted by atomic mass is 16.5. The predicted octanol–water partition coefficient (Wildman–Crippen LogP) is 8.28. The maximum absolute atomic E-state index is 12.8. The van der Waals surface area contributed by atoms with Crippen molar-refractivity contribution in [2.24, 2.45) is 14.1 Å². The minimum atomic E-state index is -0.299. The lowest BCUT2D eigenvalue weighted by Gasteiger charge is -2.20. The molecule has 310 valence electrons. The molecule has 0 aliphatic carbocycles. The van der Waals surface area contributed by atoms with E-state index in [0.717, 1.165) is 44.0 Å². The first-order chi connectivity index (χ1) is 27.0. The highest BCUT2D eigenvalue weighted by Gasteiger charge is 2.28. The monoisotopic (exact) mass is 787 g/mol. The number of para-hydroxylation sites is 2. The van der Waals surface area contributed by atoms with Crippen LogP contribution in [-0.2, 0) is 31.7 Å². The van der Waals surface area contributed by atoms with Crippen LogP contribution in [0.2, 0.25) is 0 Å². The van der Waals surface area contributed by atoms with E-state index in [4.69, 9.17) is 4.74 Å². The van der Waals surface area contributed by atoms with E-state index < -0.39 is 0 Å². The number of nitrogens with zero attached hydrogens (tertiary/aromatic N) is 5. The number of nitrogens with one attached hydrogen (secondary N) is 1. The largest absolute Gasteiger partial charge is 0.465 e. The summed E-state index contributed by atoms with van der Waals surface area (Å²) in [5.41, 5.74) is 8.88. The molecule has 0 spiro atoms. The van der Waals surface area contributed by atoms with Crippen LogP contribution >= 0.6 is 0 Å². The molecule has 6 aromatic rings. The van der Waals surface area contributed by atoms with Crippen molar-refractivity contribution in [2.75, 3.05) is 61.5 Å². The number of rotatable bonds is 8. The van der Waals surface area contributed by atoms with Crippen LogP contribution in [0, 0.1) is 0 Å². The molecule has 1 N–H and O–H groups in total. The van der Waals surface area contributed by atoms with Gasteiger partial charge in [-0.05, 0) is 119 Å². The molecule has 0 bridgehead atoms. The molecule has 2 saturated heterocycles. The molecule has 4 heterocycles. The van der Waals surface area contributed by atoms with Crippen molar-refractivity contribution in [3.63, 3.8) is 0 Å². The summed E-state index contributed by atoms with van der Waals surface area (Å²) < 4.78 is 9.04. The van der Waals surface area contributed by atoms with Gasteiger partial charge in [0.15, 0.2) is 0 Å². The third-order valence-electron chi connectivity index (χ3n) is 11.3. The number of carbonyl (C=O) groups is 2. The quantitative estimate of drug-likeness (QED) is 0.157. The Morgan fingerprint density at radius 3 is 1.57 bits per heavy atom. The van der Waals surface area contributed by atoms with Gasteiger partial charge in [-0.1, -0.05) is 75.5 Å². The maximum Gasteiger partial charge on any atom is 0.337 e. The maximum atomic E-state index is 12.8. The summed E-state index contributed by atoms with van der Waals surface area (Å²) in [6.07, 6.45) is 8.46. The second-order valence-corrected chi connectivity index (χ2v) is 15.6. The molecule has 9 heteroatoms.